The Morgan fingerprint density at radius 1 is 0.281 bits per heavy atom. The van der Waals surface area contributed by atoms with Gasteiger partial charge < -0.3 is 33.8 Å². The molecule has 0 heterocycles. The Labute approximate surface area is 588 Å². The summed E-state index contributed by atoms with van der Waals surface area (Å²) in [7, 11) is -9.91. The fourth-order valence-corrected chi connectivity index (χ4v) is 13.5. The van der Waals surface area contributed by atoms with Gasteiger partial charge in [0, 0.05) is 25.7 Å². The van der Waals surface area contributed by atoms with Gasteiger partial charge in [0.05, 0.1) is 26.4 Å². The number of aliphatic hydroxyl groups is 1. The van der Waals surface area contributed by atoms with Gasteiger partial charge in [-0.15, -0.1) is 0 Å². The van der Waals surface area contributed by atoms with Crippen LogP contribution in [-0.4, -0.2) is 96.7 Å². The lowest BCUT2D eigenvalue weighted by Crippen LogP contribution is -2.30. The molecule has 0 aromatic carbocycles. The number of phosphoric ester groups is 2. The fourth-order valence-electron chi connectivity index (χ4n) is 11.9. The Bertz CT molecular complexity index is 1840. The van der Waals surface area contributed by atoms with Gasteiger partial charge in [0.15, 0.2) is 12.2 Å². The van der Waals surface area contributed by atoms with E-state index in [1.165, 1.54) is 231 Å². The Hall–Kier alpha value is -1.94. The third kappa shape index (κ3) is 70.5. The molecule has 570 valence electrons. The molecule has 17 nitrogen and oxygen atoms in total. The maximum Gasteiger partial charge on any atom is 0.472 e. The van der Waals surface area contributed by atoms with Crippen LogP contribution in [0.1, 0.15) is 407 Å². The molecule has 0 rings (SSSR count). The lowest BCUT2D eigenvalue weighted by Gasteiger charge is -2.21. The highest BCUT2D eigenvalue weighted by atomic mass is 31.2. The molecule has 3 N–H and O–H groups in total. The van der Waals surface area contributed by atoms with Crippen molar-refractivity contribution in [3.05, 3.63) is 0 Å². The SMILES string of the molecule is CCCCCCCCCCCCCCCCCCCCC(=O)O[C@H](COC(=O)CCCCCCCCCCCCCCCCC)COP(=O)(O)OC[C@@H](O)COP(=O)(O)OC[C@@H](COC(=O)CCCCCCCCCCC)OC(=O)CCCCCCCCCCCCCC(C)C. The summed E-state index contributed by atoms with van der Waals surface area (Å²) in [6.07, 6.45) is 59.6. The standard InChI is InChI=1S/C77H150O17P2/c1-6-9-12-15-18-21-23-25-27-28-29-31-33-37-42-47-52-57-62-76(81)94-73(67-88-75(80)61-56-51-46-41-36-32-30-26-24-22-19-16-13-10-7-2)69-92-96(85,86)90-65-71(78)64-89-95(83,84)91-68-72(66-87-74(79)60-55-50-45-39-20-17-14-11-8-3)93-77(82)63-58-53-48-43-38-34-35-40-44-49-54-59-70(4)5/h70-73,78H,6-69H2,1-5H3,(H,83,84)(H,85,86)/t71-,72+,73+/m0/s1. The van der Waals surface area contributed by atoms with Crippen LogP contribution in [0.15, 0.2) is 0 Å². The molecule has 0 radical (unpaired) electrons. The van der Waals surface area contributed by atoms with Gasteiger partial charge in [0.25, 0.3) is 0 Å². The van der Waals surface area contributed by atoms with E-state index in [4.69, 9.17) is 37.0 Å². The lowest BCUT2D eigenvalue weighted by atomic mass is 10.0. The number of carbonyl (C=O) groups excluding carboxylic acids is 4. The van der Waals surface area contributed by atoms with Crippen molar-refractivity contribution in [1.29, 1.82) is 0 Å². The van der Waals surface area contributed by atoms with Crippen LogP contribution in [0.3, 0.4) is 0 Å². The molecule has 0 bridgehead atoms. The summed E-state index contributed by atoms with van der Waals surface area (Å²) in [5.74, 6) is -1.35. The Balaban J connectivity index is 5.23. The number of ether oxygens (including phenoxy) is 4. The highest BCUT2D eigenvalue weighted by molar-refractivity contribution is 7.47. The van der Waals surface area contributed by atoms with Crippen molar-refractivity contribution in [2.75, 3.05) is 39.6 Å². The maximum atomic E-state index is 13.1. The van der Waals surface area contributed by atoms with Crippen molar-refractivity contribution < 1.29 is 80.2 Å². The first-order chi connectivity index (χ1) is 46.5. The quantitative estimate of drug-likeness (QED) is 0.0222. The average Bonchev–Trinajstić information content (AvgIpc) is 1.40. The molecular formula is C77H150O17P2. The first-order valence-corrected chi connectivity index (χ1v) is 43.1. The van der Waals surface area contributed by atoms with Crippen molar-refractivity contribution >= 4 is 39.5 Å². The molecule has 0 aliphatic carbocycles. The van der Waals surface area contributed by atoms with Crippen LogP contribution < -0.4 is 0 Å². The van der Waals surface area contributed by atoms with Gasteiger partial charge in [-0.3, -0.25) is 37.3 Å². The molecule has 0 aliphatic rings. The summed E-state index contributed by atoms with van der Waals surface area (Å²) in [4.78, 5) is 72.8. The van der Waals surface area contributed by atoms with Gasteiger partial charge in [-0.2, -0.15) is 0 Å². The zero-order valence-corrected chi connectivity index (χ0v) is 64.3. The van der Waals surface area contributed by atoms with Crippen LogP contribution in [0.2, 0.25) is 0 Å². The number of hydrogen-bond donors (Lipinski definition) is 3. The predicted octanol–water partition coefficient (Wildman–Crippen LogP) is 22.9. The molecule has 0 saturated carbocycles. The summed E-state index contributed by atoms with van der Waals surface area (Å²) in [5.41, 5.74) is 0. The van der Waals surface area contributed by atoms with Gasteiger partial charge in [-0.25, -0.2) is 9.13 Å². The molecule has 5 atom stereocenters. The van der Waals surface area contributed by atoms with Crippen molar-refractivity contribution in [3.8, 4) is 0 Å². The van der Waals surface area contributed by atoms with Crippen LogP contribution in [0, 0.1) is 5.92 Å². The van der Waals surface area contributed by atoms with E-state index in [1.54, 1.807) is 0 Å². The van der Waals surface area contributed by atoms with Crippen LogP contribution in [0.25, 0.3) is 0 Å². The molecule has 96 heavy (non-hydrogen) atoms. The highest BCUT2D eigenvalue weighted by Gasteiger charge is 2.30. The Kier molecular flexibility index (Phi) is 68.7. The van der Waals surface area contributed by atoms with Crippen molar-refractivity contribution in [1.82, 2.24) is 0 Å². The van der Waals surface area contributed by atoms with Gasteiger partial charge in [0.2, 0.25) is 0 Å². The fraction of sp³-hybridized carbons (Fsp3) is 0.948. The molecule has 0 spiro atoms. The number of rotatable bonds is 77. The summed E-state index contributed by atoms with van der Waals surface area (Å²) >= 11 is 0. The molecular weight excluding hydrogens is 1260 g/mol. The van der Waals surface area contributed by atoms with Gasteiger partial charge in [-0.05, 0) is 31.6 Å². The number of unbranched alkanes of at least 4 members (excludes halogenated alkanes) is 49. The van der Waals surface area contributed by atoms with Crippen LogP contribution in [-0.2, 0) is 65.4 Å². The van der Waals surface area contributed by atoms with E-state index in [1.807, 2.05) is 0 Å². The van der Waals surface area contributed by atoms with Crippen LogP contribution in [0.4, 0.5) is 0 Å². The minimum absolute atomic E-state index is 0.107. The molecule has 19 heteroatoms. The van der Waals surface area contributed by atoms with Crippen LogP contribution >= 0.6 is 15.6 Å². The minimum atomic E-state index is -4.96. The molecule has 0 saturated heterocycles. The third-order valence-corrected chi connectivity index (χ3v) is 19.9. The zero-order valence-electron chi connectivity index (χ0n) is 62.5. The molecule has 0 aliphatic heterocycles. The summed E-state index contributed by atoms with van der Waals surface area (Å²) in [5, 5.41) is 10.6. The summed E-state index contributed by atoms with van der Waals surface area (Å²) < 4.78 is 68.6. The number of esters is 4. The van der Waals surface area contributed by atoms with E-state index in [-0.39, 0.29) is 25.7 Å². The van der Waals surface area contributed by atoms with E-state index >= 15 is 0 Å². The van der Waals surface area contributed by atoms with Crippen molar-refractivity contribution in [2.24, 2.45) is 5.92 Å². The second kappa shape index (κ2) is 70.1. The Morgan fingerprint density at radius 2 is 0.479 bits per heavy atom. The molecule has 2 unspecified atom stereocenters. The minimum Gasteiger partial charge on any atom is -0.462 e. The monoisotopic (exact) mass is 1410 g/mol. The molecule has 0 amide bonds. The smallest absolute Gasteiger partial charge is 0.462 e. The molecule has 0 fully saturated rings. The Morgan fingerprint density at radius 3 is 0.708 bits per heavy atom. The predicted molar refractivity (Wildman–Crippen MR) is 391 cm³/mol. The first-order valence-electron chi connectivity index (χ1n) is 40.1. The van der Waals surface area contributed by atoms with E-state index in [9.17, 15) is 43.2 Å². The number of hydrogen-bond acceptors (Lipinski definition) is 15. The number of aliphatic hydroxyl groups excluding tert-OH is 1. The van der Waals surface area contributed by atoms with Gasteiger partial charge in [0.1, 0.15) is 19.3 Å². The van der Waals surface area contributed by atoms with E-state index in [0.29, 0.717) is 25.7 Å². The summed E-state index contributed by atoms with van der Waals surface area (Å²) in [6, 6.07) is 0. The molecule has 0 aromatic heterocycles. The second-order valence-corrected chi connectivity index (χ2v) is 31.1. The third-order valence-electron chi connectivity index (χ3n) is 18.0. The van der Waals surface area contributed by atoms with Gasteiger partial charge >= 0.3 is 39.5 Å². The normalized spacial score (nSPS) is 13.9. The second-order valence-electron chi connectivity index (χ2n) is 28.2. The topological polar surface area (TPSA) is 237 Å². The largest absolute Gasteiger partial charge is 0.472 e. The first kappa shape index (κ1) is 94.1. The van der Waals surface area contributed by atoms with Crippen LogP contribution in [0.5, 0.6) is 0 Å². The number of carbonyl (C=O) groups is 4. The molecule has 0 aromatic rings. The van der Waals surface area contributed by atoms with Crippen molar-refractivity contribution in [3.63, 3.8) is 0 Å². The average molecular weight is 1410 g/mol. The van der Waals surface area contributed by atoms with Gasteiger partial charge in [-0.1, -0.05) is 356 Å². The number of phosphoric acid groups is 2. The summed E-state index contributed by atoms with van der Waals surface area (Å²) in [6.45, 7) is 7.29. The highest BCUT2D eigenvalue weighted by Crippen LogP contribution is 2.45. The zero-order chi connectivity index (χ0) is 70.5. The van der Waals surface area contributed by atoms with E-state index in [0.717, 1.165) is 95.8 Å². The van der Waals surface area contributed by atoms with Crippen molar-refractivity contribution in [2.45, 2.75) is 425 Å². The maximum absolute atomic E-state index is 13.1. The lowest BCUT2D eigenvalue weighted by molar-refractivity contribution is -0.161. The van der Waals surface area contributed by atoms with E-state index in [2.05, 4.69) is 34.6 Å². The van der Waals surface area contributed by atoms with E-state index < -0.39 is 97.5 Å².